The van der Waals surface area contributed by atoms with Crippen LogP contribution in [0.1, 0.15) is 35.1 Å². The molecule has 0 bridgehead atoms. The molecule has 0 saturated heterocycles. The van der Waals surface area contributed by atoms with Crippen LogP contribution < -0.4 is 0 Å². The lowest BCUT2D eigenvalue weighted by molar-refractivity contribution is -0.131. The molecule has 1 aliphatic heterocycles. The highest BCUT2D eigenvalue weighted by atomic mass is 35.5. The summed E-state index contributed by atoms with van der Waals surface area (Å²) in [6, 6.07) is 0. The molecule has 0 unspecified atom stereocenters. The van der Waals surface area contributed by atoms with Gasteiger partial charge in [0.1, 0.15) is 0 Å². The highest BCUT2D eigenvalue weighted by Gasteiger charge is 2.27. The quantitative estimate of drug-likeness (QED) is 0.664. The van der Waals surface area contributed by atoms with E-state index in [1.165, 1.54) is 0 Å². The van der Waals surface area contributed by atoms with Crippen molar-refractivity contribution in [2.75, 3.05) is 19.0 Å². The van der Waals surface area contributed by atoms with Crippen molar-refractivity contribution in [1.29, 1.82) is 0 Å². The molecule has 1 aromatic heterocycles. The Morgan fingerprint density at radius 3 is 3.00 bits per heavy atom. The Balaban J connectivity index is 2.16. The summed E-state index contributed by atoms with van der Waals surface area (Å²) >= 11 is 5.58. The maximum absolute atomic E-state index is 11.8. The van der Waals surface area contributed by atoms with Crippen molar-refractivity contribution in [2.24, 2.45) is 0 Å². The van der Waals surface area contributed by atoms with Gasteiger partial charge < -0.3 is 9.64 Å². The summed E-state index contributed by atoms with van der Waals surface area (Å²) < 4.78 is 4.95. The zero-order valence-corrected chi connectivity index (χ0v) is 11.5. The van der Waals surface area contributed by atoms with Gasteiger partial charge in [0.05, 0.1) is 6.61 Å². The van der Waals surface area contributed by atoms with Gasteiger partial charge in [-0.25, -0.2) is 4.79 Å². The van der Waals surface area contributed by atoms with Crippen LogP contribution in [0.4, 0.5) is 0 Å². The van der Waals surface area contributed by atoms with Gasteiger partial charge in [-0.1, -0.05) is 0 Å². The minimum absolute atomic E-state index is 0.00309. The predicted octanol–water partition coefficient (Wildman–Crippen LogP) is 1.10. The molecule has 1 aliphatic rings. The second-order valence-electron chi connectivity index (χ2n) is 4.25. The average Bonchev–Trinajstić information content (AvgIpc) is 2.82. The van der Waals surface area contributed by atoms with Gasteiger partial charge in [0, 0.05) is 43.1 Å². The van der Waals surface area contributed by atoms with E-state index in [2.05, 4.69) is 10.2 Å². The van der Waals surface area contributed by atoms with E-state index in [9.17, 15) is 9.59 Å². The largest absolute Gasteiger partial charge is 0.461 e. The van der Waals surface area contributed by atoms with Crippen molar-refractivity contribution in [3.63, 3.8) is 0 Å². The molecule has 0 spiro atoms. The molecule has 2 heterocycles. The molecule has 0 radical (unpaired) electrons. The SMILES string of the molecule is CCOC(=O)c1n[nH]c2c1CN(C(=O)CCCl)CC2. The number of esters is 1. The maximum Gasteiger partial charge on any atom is 0.359 e. The van der Waals surface area contributed by atoms with Crippen molar-refractivity contribution in [3.05, 3.63) is 17.0 Å². The van der Waals surface area contributed by atoms with E-state index < -0.39 is 5.97 Å². The smallest absolute Gasteiger partial charge is 0.359 e. The summed E-state index contributed by atoms with van der Waals surface area (Å²) in [5, 5.41) is 6.83. The molecular weight excluding hydrogens is 270 g/mol. The van der Waals surface area contributed by atoms with Crippen LogP contribution in [0, 0.1) is 0 Å². The lowest BCUT2D eigenvalue weighted by atomic mass is 10.1. The van der Waals surface area contributed by atoms with Crippen LogP contribution in [0.3, 0.4) is 0 Å². The lowest BCUT2D eigenvalue weighted by Gasteiger charge is -2.26. The number of rotatable bonds is 4. The predicted molar refractivity (Wildman–Crippen MR) is 69.0 cm³/mol. The molecule has 0 saturated carbocycles. The number of carbonyl (C=O) groups excluding carboxylic acids is 2. The molecule has 7 heteroatoms. The first-order chi connectivity index (χ1) is 9.17. The Bertz CT molecular complexity index is 487. The Morgan fingerprint density at radius 1 is 1.53 bits per heavy atom. The van der Waals surface area contributed by atoms with Crippen molar-refractivity contribution >= 4 is 23.5 Å². The highest BCUT2D eigenvalue weighted by Crippen LogP contribution is 2.21. The lowest BCUT2D eigenvalue weighted by Crippen LogP contribution is -2.36. The van der Waals surface area contributed by atoms with E-state index in [1.54, 1.807) is 11.8 Å². The third kappa shape index (κ3) is 2.89. The molecule has 0 aliphatic carbocycles. The fraction of sp³-hybridized carbons (Fsp3) is 0.583. The third-order valence-electron chi connectivity index (χ3n) is 3.06. The first-order valence-corrected chi connectivity index (χ1v) is 6.77. The number of alkyl halides is 1. The standard InChI is InChI=1S/C12H16ClN3O3/c1-2-19-12(18)11-8-7-16(10(17)3-5-13)6-4-9(8)14-15-11/h2-7H2,1H3,(H,14,15). The first kappa shape index (κ1) is 13.9. The summed E-state index contributed by atoms with van der Waals surface area (Å²) in [6.07, 6.45) is 0.971. The van der Waals surface area contributed by atoms with Crippen molar-refractivity contribution < 1.29 is 14.3 Å². The van der Waals surface area contributed by atoms with Crippen molar-refractivity contribution in [3.8, 4) is 0 Å². The fourth-order valence-corrected chi connectivity index (χ4v) is 2.28. The van der Waals surface area contributed by atoms with Crippen LogP contribution >= 0.6 is 11.6 Å². The highest BCUT2D eigenvalue weighted by molar-refractivity contribution is 6.18. The second kappa shape index (κ2) is 6.06. The van der Waals surface area contributed by atoms with E-state index in [1.807, 2.05) is 0 Å². The summed E-state index contributed by atoms with van der Waals surface area (Å²) in [7, 11) is 0. The van der Waals surface area contributed by atoms with Crippen molar-refractivity contribution in [2.45, 2.75) is 26.3 Å². The minimum atomic E-state index is -0.452. The second-order valence-corrected chi connectivity index (χ2v) is 4.63. The summed E-state index contributed by atoms with van der Waals surface area (Å²) in [5.41, 5.74) is 1.94. The average molecular weight is 286 g/mol. The zero-order valence-electron chi connectivity index (χ0n) is 10.7. The van der Waals surface area contributed by atoms with Gasteiger partial charge >= 0.3 is 5.97 Å². The summed E-state index contributed by atoms with van der Waals surface area (Å²) in [6.45, 7) is 3.05. The Labute approximate surface area is 116 Å². The number of hydrogen-bond acceptors (Lipinski definition) is 4. The monoisotopic (exact) mass is 285 g/mol. The molecule has 2 rings (SSSR count). The van der Waals surface area contributed by atoms with E-state index in [-0.39, 0.29) is 11.6 Å². The molecule has 1 N–H and O–H groups in total. The molecule has 6 nitrogen and oxygen atoms in total. The van der Waals surface area contributed by atoms with Crippen LogP contribution in [-0.4, -0.2) is 46.0 Å². The number of nitrogens with one attached hydrogen (secondary N) is 1. The maximum atomic E-state index is 11.8. The number of halogens is 1. The van der Waals surface area contributed by atoms with E-state index in [0.29, 0.717) is 38.4 Å². The number of amides is 1. The number of hydrogen-bond donors (Lipinski definition) is 1. The number of aromatic amines is 1. The van der Waals surface area contributed by atoms with Crippen LogP contribution in [0.5, 0.6) is 0 Å². The van der Waals surface area contributed by atoms with Crippen LogP contribution in [0.25, 0.3) is 0 Å². The normalized spacial score (nSPS) is 14.1. The molecule has 104 valence electrons. The molecule has 0 atom stereocenters. The van der Waals surface area contributed by atoms with E-state index >= 15 is 0 Å². The van der Waals surface area contributed by atoms with Gasteiger partial charge in [-0.05, 0) is 6.92 Å². The molecule has 0 fully saturated rings. The summed E-state index contributed by atoms with van der Waals surface area (Å²) in [4.78, 5) is 25.3. The third-order valence-corrected chi connectivity index (χ3v) is 3.25. The van der Waals surface area contributed by atoms with Gasteiger partial charge in [0.15, 0.2) is 5.69 Å². The minimum Gasteiger partial charge on any atom is -0.461 e. The van der Waals surface area contributed by atoms with Gasteiger partial charge in [-0.3, -0.25) is 9.89 Å². The first-order valence-electron chi connectivity index (χ1n) is 6.24. The fourth-order valence-electron chi connectivity index (χ4n) is 2.12. The molecule has 19 heavy (non-hydrogen) atoms. The number of ether oxygens (including phenoxy) is 1. The van der Waals surface area contributed by atoms with Crippen molar-refractivity contribution in [1.82, 2.24) is 15.1 Å². The van der Waals surface area contributed by atoms with Crippen LogP contribution in [0.2, 0.25) is 0 Å². The molecular formula is C12H16ClN3O3. The Kier molecular flexibility index (Phi) is 4.42. The Hall–Kier alpha value is -1.56. The molecule has 0 aromatic carbocycles. The van der Waals surface area contributed by atoms with Crippen LogP contribution in [0.15, 0.2) is 0 Å². The van der Waals surface area contributed by atoms with Gasteiger partial charge in [0.2, 0.25) is 5.91 Å². The van der Waals surface area contributed by atoms with Gasteiger partial charge in [-0.2, -0.15) is 5.10 Å². The van der Waals surface area contributed by atoms with Gasteiger partial charge in [-0.15, -0.1) is 11.6 Å². The number of nitrogens with zero attached hydrogens (tertiary/aromatic N) is 2. The summed E-state index contributed by atoms with van der Waals surface area (Å²) in [5.74, 6) is -0.151. The number of H-pyrrole nitrogens is 1. The van der Waals surface area contributed by atoms with Gasteiger partial charge in [0.25, 0.3) is 0 Å². The Morgan fingerprint density at radius 2 is 2.32 bits per heavy atom. The number of fused-ring (bicyclic) bond motifs is 1. The zero-order chi connectivity index (χ0) is 13.8. The number of aromatic nitrogens is 2. The number of carbonyl (C=O) groups is 2. The van der Waals surface area contributed by atoms with E-state index in [0.717, 1.165) is 11.3 Å². The van der Waals surface area contributed by atoms with Crippen LogP contribution in [-0.2, 0) is 22.5 Å². The van der Waals surface area contributed by atoms with E-state index in [4.69, 9.17) is 16.3 Å². The molecule has 1 amide bonds. The molecule has 1 aromatic rings. The topological polar surface area (TPSA) is 75.3 Å².